The highest BCUT2D eigenvalue weighted by Gasteiger charge is 2.31. The molecule has 1 N–H and O–H groups in total. The second-order valence-electron chi connectivity index (χ2n) is 5.08. The van der Waals surface area contributed by atoms with Crippen LogP contribution < -0.4 is 5.32 Å². The van der Waals surface area contributed by atoms with Crippen molar-refractivity contribution in [3.05, 3.63) is 0 Å². The van der Waals surface area contributed by atoms with E-state index in [1.54, 1.807) is 0 Å². The summed E-state index contributed by atoms with van der Waals surface area (Å²) in [7, 11) is 1.18. The Labute approximate surface area is 121 Å². The number of nitrogens with zero attached hydrogens (tertiary/aromatic N) is 2. The number of piperidine rings is 1. The lowest BCUT2D eigenvalue weighted by molar-refractivity contribution is -0.140. The van der Waals surface area contributed by atoms with Crippen molar-refractivity contribution in [1.29, 1.82) is 0 Å². The zero-order valence-corrected chi connectivity index (χ0v) is 13.3. The van der Waals surface area contributed by atoms with E-state index >= 15 is 0 Å². The van der Waals surface area contributed by atoms with E-state index in [1.807, 2.05) is 7.05 Å². The molecule has 118 valence electrons. The van der Waals surface area contributed by atoms with Gasteiger partial charge in [-0.05, 0) is 32.4 Å². The van der Waals surface area contributed by atoms with Crippen molar-refractivity contribution in [3.63, 3.8) is 0 Å². The van der Waals surface area contributed by atoms with E-state index in [-0.39, 0.29) is 13.0 Å². The molecule has 20 heavy (non-hydrogen) atoms. The van der Waals surface area contributed by atoms with Gasteiger partial charge in [-0.2, -0.15) is 17.0 Å². The van der Waals surface area contributed by atoms with Crippen LogP contribution in [0.25, 0.3) is 0 Å². The zero-order chi connectivity index (χ0) is 15.2. The van der Waals surface area contributed by atoms with Gasteiger partial charge in [0.1, 0.15) is 0 Å². The third-order valence-electron chi connectivity index (χ3n) is 3.55. The number of ether oxygens (including phenoxy) is 1. The third kappa shape index (κ3) is 4.69. The van der Waals surface area contributed by atoms with E-state index in [4.69, 9.17) is 0 Å². The number of hydrogen-bond donors (Lipinski definition) is 1. The molecule has 1 atom stereocenters. The molecule has 1 heterocycles. The number of carbonyl (C=O) groups excluding carboxylic acids is 1. The van der Waals surface area contributed by atoms with Crippen LogP contribution >= 0.6 is 0 Å². The Morgan fingerprint density at radius 1 is 1.50 bits per heavy atom. The zero-order valence-electron chi connectivity index (χ0n) is 12.5. The fourth-order valence-electron chi connectivity index (χ4n) is 2.35. The maximum absolute atomic E-state index is 12.4. The lowest BCUT2D eigenvalue weighted by Crippen LogP contribution is -2.48. The van der Waals surface area contributed by atoms with E-state index in [9.17, 15) is 13.2 Å². The second kappa shape index (κ2) is 7.92. The van der Waals surface area contributed by atoms with Gasteiger partial charge in [0.15, 0.2) is 0 Å². The molecule has 0 radical (unpaired) electrons. The number of carbonyl (C=O) groups is 1. The minimum absolute atomic E-state index is 0.0695. The van der Waals surface area contributed by atoms with Crippen molar-refractivity contribution in [3.8, 4) is 0 Å². The molecule has 0 saturated carbocycles. The molecule has 0 aromatic heterocycles. The molecule has 0 aliphatic carbocycles. The molecule has 0 aromatic carbocycles. The normalized spacial score (nSPS) is 21.1. The first kappa shape index (κ1) is 17.4. The highest BCUT2D eigenvalue weighted by atomic mass is 32.2. The van der Waals surface area contributed by atoms with Gasteiger partial charge in [-0.3, -0.25) is 4.79 Å². The van der Waals surface area contributed by atoms with Crippen LogP contribution in [0, 0.1) is 5.92 Å². The summed E-state index contributed by atoms with van der Waals surface area (Å²) in [6.07, 6.45) is 1.98. The molecular formula is C12H25N3O4S. The quantitative estimate of drug-likeness (QED) is 0.651. The van der Waals surface area contributed by atoms with Crippen LogP contribution in [0.1, 0.15) is 19.3 Å². The van der Waals surface area contributed by atoms with Gasteiger partial charge in [0.2, 0.25) is 0 Å². The maximum Gasteiger partial charge on any atom is 0.306 e. The van der Waals surface area contributed by atoms with Crippen LogP contribution in [-0.4, -0.2) is 70.4 Å². The summed E-state index contributed by atoms with van der Waals surface area (Å²) >= 11 is 0. The summed E-state index contributed by atoms with van der Waals surface area (Å²) in [5.41, 5.74) is 0. The van der Waals surface area contributed by atoms with Crippen molar-refractivity contribution in [2.45, 2.75) is 19.3 Å². The fourth-order valence-corrected chi connectivity index (χ4v) is 3.83. The summed E-state index contributed by atoms with van der Waals surface area (Å²) in [4.78, 5) is 11.1. The van der Waals surface area contributed by atoms with Crippen molar-refractivity contribution < 1.29 is 17.9 Å². The topological polar surface area (TPSA) is 79.0 Å². The molecule has 7 nitrogen and oxygen atoms in total. The Balaban J connectivity index is 2.60. The van der Waals surface area contributed by atoms with E-state index in [1.165, 1.54) is 22.8 Å². The monoisotopic (exact) mass is 307 g/mol. The average molecular weight is 307 g/mol. The van der Waals surface area contributed by atoms with Crippen LogP contribution in [0.15, 0.2) is 0 Å². The van der Waals surface area contributed by atoms with Gasteiger partial charge in [-0.25, -0.2) is 0 Å². The van der Waals surface area contributed by atoms with E-state index in [0.717, 1.165) is 19.4 Å². The van der Waals surface area contributed by atoms with Gasteiger partial charge in [0, 0.05) is 26.7 Å². The van der Waals surface area contributed by atoms with Gasteiger partial charge in [-0.1, -0.05) is 0 Å². The fraction of sp³-hybridized carbons (Fsp3) is 0.917. The largest absolute Gasteiger partial charge is 0.469 e. The lowest BCUT2D eigenvalue weighted by Gasteiger charge is -2.34. The maximum atomic E-state index is 12.4. The molecule has 1 saturated heterocycles. The molecule has 1 unspecified atom stereocenters. The summed E-state index contributed by atoms with van der Waals surface area (Å²) in [5.74, 6) is -0.0590. The first-order chi connectivity index (χ1) is 9.41. The minimum atomic E-state index is -3.49. The molecule has 0 amide bonds. The summed E-state index contributed by atoms with van der Waals surface area (Å²) < 4.78 is 32.1. The molecule has 0 aromatic rings. The molecule has 8 heteroatoms. The first-order valence-electron chi connectivity index (χ1n) is 6.84. The Kier molecular flexibility index (Phi) is 6.87. The van der Waals surface area contributed by atoms with Crippen molar-refractivity contribution >= 4 is 16.2 Å². The van der Waals surface area contributed by atoms with E-state index in [0.29, 0.717) is 19.0 Å². The molecular weight excluding hydrogens is 282 g/mol. The molecule has 1 aliphatic heterocycles. The predicted octanol–water partition coefficient (Wildman–Crippen LogP) is -0.342. The Hall–Kier alpha value is -0.700. The van der Waals surface area contributed by atoms with Gasteiger partial charge < -0.3 is 10.1 Å². The number of esters is 1. The smallest absolute Gasteiger partial charge is 0.306 e. The van der Waals surface area contributed by atoms with E-state index in [2.05, 4.69) is 10.1 Å². The number of hydrogen-bond acceptors (Lipinski definition) is 5. The van der Waals surface area contributed by atoms with Gasteiger partial charge in [0.25, 0.3) is 10.2 Å². The van der Waals surface area contributed by atoms with Crippen LogP contribution in [-0.2, 0) is 19.7 Å². The van der Waals surface area contributed by atoms with Crippen LogP contribution in [0.4, 0.5) is 0 Å². The van der Waals surface area contributed by atoms with Crippen LogP contribution in [0.5, 0.6) is 0 Å². The number of rotatable bonds is 7. The Morgan fingerprint density at radius 3 is 2.80 bits per heavy atom. The summed E-state index contributed by atoms with van der Waals surface area (Å²) in [6.45, 7) is 2.04. The van der Waals surface area contributed by atoms with Crippen molar-refractivity contribution in [2.24, 2.45) is 5.92 Å². The van der Waals surface area contributed by atoms with Gasteiger partial charge in [0.05, 0.1) is 13.5 Å². The van der Waals surface area contributed by atoms with Crippen LogP contribution in [0.3, 0.4) is 0 Å². The minimum Gasteiger partial charge on any atom is -0.469 e. The lowest BCUT2D eigenvalue weighted by atomic mass is 10.00. The van der Waals surface area contributed by atoms with Crippen molar-refractivity contribution in [1.82, 2.24) is 13.9 Å². The number of nitrogens with one attached hydrogen (secondary N) is 1. The average Bonchev–Trinajstić information content (AvgIpc) is 2.44. The Bertz CT molecular complexity index is 411. The molecule has 1 aliphatic rings. The molecule has 0 spiro atoms. The van der Waals surface area contributed by atoms with Gasteiger partial charge in [-0.15, -0.1) is 0 Å². The standard InChI is InChI=1S/C12H25N3O4S/c1-13-9-11-5-4-7-15(10-11)20(17,18)14(2)8-6-12(16)19-3/h11,13H,4-10H2,1-3H3. The second-order valence-corrected chi connectivity index (χ2v) is 7.11. The number of methoxy groups -OCH3 is 1. The van der Waals surface area contributed by atoms with E-state index < -0.39 is 16.2 Å². The van der Waals surface area contributed by atoms with Crippen LogP contribution in [0.2, 0.25) is 0 Å². The highest BCUT2D eigenvalue weighted by Crippen LogP contribution is 2.20. The van der Waals surface area contributed by atoms with Crippen molar-refractivity contribution in [2.75, 3.05) is 47.4 Å². The van der Waals surface area contributed by atoms with Gasteiger partial charge >= 0.3 is 5.97 Å². The summed E-state index contributed by atoms with van der Waals surface area (Å²) in [5, 5.41) is 3.09. The highest BCUT2D eigenvalue weighted by molar-refractivity contribution is 7.86. The Morgan fingerprint density at radius 2 is 2.20 bits per heavy atom. The third-order valence-corrected chi connectivity index (χ3v) is 5.51. The first-order valence-corrected chi connectivity index (χ1v) is 8.24. The SMILES string of the molecule is CNCC1CCCN(S(=O)(=O)N(C)CCC(=O)OC)C1. The molecule has 1 rings (SSSR count). The summed E-state index contributed by atoms with van der Waals surface area (Å²) in [6, 6.07) is 0. The molecule has 0 bridgehead atoms. The molecule has 1 fully saturated rings. The predicted molar refractivity (Wildman–Crippen MR) is 76.4 cm³/mol.